The van der Waals surface area contributed by atoms with Gasteiger partial charge < -0.3 is 5.11 Å². The number of aliphatic hydroxyl groups is 1. The third-order valence-electron chi connectivity index (χ3n) is 2.74. The molecule has 0 atom stereocenters. The molecular weight excluding hydrogens is 302 g/mol. The summed E-state index contributed by atoms with van der Waals surface area (Å²) in [5.41, 5.74) is 1.22. The lowest BCUT2D eigenvalue weighted by atomic mass is 10.2. The molecule has 0 fully saturated rings. The van der Waals surface area contributed by atoms with Crippen molar-refractivity contribution in [3.63, 3.8) is 0 Å². The largest absolute Gasteiger partial charge is 0.390 e. The van der Waals surface area contributed by atoms with E-state index in [1.807, 2.05) is 0 Å². The first-order chi connectivity index (χ1) is 9.44. The molecular formula is C12H14ClN3O3S. The van der Waals surface area contributed by atoms with Gasteiger partial charge in [0.15, 0.2) is 0 Å². The van der Waals surface area contributed by atoms with Crippen molar-refractivity contribution in [3.8, 4) is 0 Å². The highest BCUT2D eigenvalue weighted by atomic mass is 35.5. The molecule has 0 bridgehead atoms. The molecule has 0 aliphatic carbocycles. The smallest absolute Gasteiger partial charge is 0.244 e. The second-order valence-corrected chi connectivity index (χ2v) is 6.38. The third-order valence-corrected chi connectivity index (χ3v) is 4.57. The van der Waals surface area contributed by atoms with E-state index in [1.165, 1.54) is 0 Å². The van der Waals surface area contributed by atoms with Crippen LogP contribution >= 0.6 is 11.6 Å². The van der Waals surface area contributed by atoms with Gasteiger partial charge in [0, 0.05) is 11.6 Å². The van der Waals surface area contributed by atoms with Crippen LogP contribution in [-0.2, 0) is 23.2 Å². The number of sulfonamides is 1. The average molecular weight is 316 g/mol. The maximum atomic E-state index is 12.2. The number of aromatic nitrogens is 2. The van der Waals surface area contributed by atoms with Gasteiger partial charge in [-0.3, -0.25) is 5.10 Å². The zero-order chi connectivity index (χ0) is 14.8. The monoisotopic (exact) mass is 315 g/mol. The molecule has 3 N–H and O–H groups in total. The van der Waals surface area contributed by atoms with E-state index in [1.54, 1.807) is 31.2 Å². The van der Waals surface area contributed by atoms with Crippen LogP contribution < -0.4 is 4.72 Å². The van der Waals surface area contributed by atoms with Gasteiger partial charge in [0.25, 0.3) is 0 Å². The summed E-state index contributed by atoms with van der Waals surface area (Å²) in [4.78, 5) is -0.0120. The molecule has 1 aromatic carbocycles. The number of aliphatic hydroxyl groups excluding tert-OH is 1. The Bertz CT molecular complexity index is 712. The number of nitrogens with zero attached hydrogens (tertiary/aromatic N) is 1. The number of benzene rings is 1. The van der Waals surface area contributed by atoms with Crippen LogP contribution in [0.25, 0.3) is 0 Å². The second kappa shape index (κ2) is 5.92. The molecule has 0 radical (unpaired) electrons. The highest BCUT2D eigenvalue weighted by Crippen LogP contribution is 2.18. The molecule has 2 aromatic rings. The van der Waals surface area contributed by atoms with Crippen molar-refractivity contribution in [2.24, 2.45) is 0 Å². The molecule has 0 aliphatic rings. The van der Waals surface area contributed by atoms with Crippen LogP contribution in [0.1, 0.15) is 17.0 Å². The molecule has 108 valence electrons. The molecule has 8 heteroatoms. The van der Waals surface area contributed by atoms with Gasteiger partial charge in [-0.25, -0.2) is 13.1 Å². The summed E-state index contributed by atoms with van der Waals surface area (Å²) >= 11 is 5.84. The van der Waals surface area contributed by atoms with E-state index in [9.17, 15) is 8.42 Å². The Morgan fingerprint density at radius 3 is 2.85 bits per heavy atom. The lowest BCUT2D eigenvalue weighted by Crippen LogP contribution is -2.24. The minimum absolute atomic E-state index is 0.0120. The first-order valence-electron chi connectivity index (χ1n) is 5.83. The van der Waals surface area contributed by atoms with Gasteiger partial charge in [-0.1, -0.05) is 23.7 Å². The van der Waals surface area contributed by atoms with Crippen LogP contribution in [-0.4, -0.2) is 23.7 Å². The Morgan fingerprint density at radius 2 is 2.20 bits per heavy atom. The molecule has 0 aliphatic heterocycles. The SMILES string of the molecule is Cc1[nH]nc(CO)c1S(=O)(=O)NCc1cccc(Cl)c1. The zero-order valence-electron chi connectivity index (χ0n) is 10.7. The van der Waals surface area contributed by atoms with Crippen LogP contribution in [0.5, 0.6) is 0 Å². The van der Waals surface area contributed by atoms with Crippen LogP contribution in [0.4, 0.5) is 0 Å². The fourth-order valence-electron chi connectivity index (χ4n) is 1.83. The van der Waals surface area contributed by atoms with Gasteiger partial charge in [0.05, 0.1) is 12.3 Å². The lowest BCUT2D eigenvalue weighted by Gasteiger charge is -2.07. The summed E-state index contributed by atoms with van der Waals surface area (Å²) in [6, 6.07) is 6.90. The summed E-state index contributed by atoms with van der Waals surface area (Å²) in [5, 5.41) is 16.0. The molecule has 0 unspecified atom stereocenters. The minimum Gasteiger partial charge on any atom is -0.390 e. The quantitative estimate of drug-likeness (QED) is 0.776. The molecule has 0 spiro atoms. The van der Waals surface area contributed by atoms with Gasteiger partial charge in [-0.05, 0) is 24.6 Å². The molecule has 0 saturated heterocycles. The molecule has 2 rings (SSSR count). The Hall–Kier alpha value is -1.41. The number of rotatable bonds is 5. The second-order valence-electron chi connectivity index (χ2n) is 4.24. The number of aryl methyl sites for hydroxylation is 1. The number of hydrogen-bond donors (Lipinski definition) is 3. The van der Waals surface area contributed by atoms with E-state index >= 15 is 0 Å². The van der Waals surface area contributed by atoms with Crippen molar-refractivity contribution in [1.82, 2.24) is 14.9 Å². The normalized spacial score (nSPS) is 11.8. The predicted octanol–water partition coefficient (Wildman–Crippen LogP) is 1.34. The Kier molecular flexibility index (Phi) is 4.44. The summed E-state index contributed by atoms with van der Waals surface area (Å²) in [5.74, 6) is 0. The van der Waals surface area contributed by atoms with Gasteiger partial charge in [-0.2, -0.15) is 5.10 Å². The molecule has 20 heavy (non-hydrogen) atoms. The topological polar surface area (TPSA) is 95.1 Å². The van der Waals surface area contributed by atoms with Crippen molar-refractivity contribution in [2.75, 3.05) is 0 Å². The fourth-order valence-corrected chi connectivity index (χ4v) is 3.41. The molecule has 0 amide bonds. The lowest BCUT2D eigenvalue weighted by molar-refractivity contribution is 0.273. The molecule has 6 nitrogen and oxygen atoms in total. The van der Waals surface area contributed by atoms with Gasteiger partial charge in [-0.15, -0.1) is 0 Å². The van der Waals surface area contributed by atoms with Crippen molar-refractivity contribution >= 4 is 21.6 Å². The highest BCUT2D eigenvalue weighted by molar-refractivity contribution is 7.89. The summed E-state index contributed by atoms with van der Waals surface area (Å²) < 4.78 is 26.9. The van der Waals surface area contributed by atoms with Crippen molar-refractivity contribution < 1.29 is 13.5 Å². The van der Waals surface area contributed by atoms with E-state index in [0.29, 0.717) is 10.7 Å². The standard InChI is InChI=1S/C12H14ClN3O3S/c1-8-12(11(7-17)16-15-8)20(18,19)14-6-9-3-2-4-10(13)5-9/h2-5,14,17H,6-7H2,1H3,(H,15,16). The van der Waals surface area contributed by atoms with E-state index in [-0.39, 0.29) is 17.1 Å². The van der Waals surface area contributed by atoms with Crippen molar-refractivity contribution in [3.05, 3.63) is 46.2 Å². The third kappa shape index (κ3) is 3.18. The van der Waals surface area contributed by atoms with E-state index in [2.05, 4.69) is 14.9 Å². The Balaban J connectivity index is 2.21. The Morgan fingerprint density at radius 1 is 1.45 bits per heavy atom. The highest BCUT2D eigenvalue weighted by Gasteiger charge is 2.23. The molecule has 1 heterocycles. The van der Waals surface area contributed by atoms with Gasteiger partial charge in [0.1, 0.15) is 10.6 Å². The van der Waals surface area contributed by atoms with Crippen molar-refractivity contribution in [1.29, 1.82) is 0 Å². The summed E-state index contributed by atoms with van der Waals surface area (Å²) in [7, 11) is -3.75. The van der Waals surface area contributed by atoms with Gasteiger partial charge in [0.2, 0.25) is 10.0 Å². The maximum Gasteiger partial charge on any atom is 0.244 e. The van der Waals surface area contributed by atoms with Crippen LogP contribution in [0, 0.1) is 6.92 Å². The van der Waals surface area contributed by atoms with Crippen molar-refractivity contribution in [2.45, 2.75) is 25.0 Å². The van der Waals surface area contributed by atoms with E-state index in [0.717, 1.165) is 5.56 Å². The van der Waals surface area contributed by atoms with Crippen LogP contribution in [0.3, 0.4) is 0 Å². The van der Waals surface area contributed by atoms with Gasteiger partial charge >= 0.3 is 0 Å². The number of aromatic amines is 1. The van der Waals surface area contributed by atoms with Crippen LogP contribution in [0.15, 0.2) is 29.2 Å². The first kappa shape index (κ1) is 15.0. The van der Waals surface area contributed by atoms with E-state index in [4.69, 9.17) is 16.7 Å². The van der Waals surface area contributed by atoms with E-state index < -0.39 is 16.6 Å². The number of hydrogen-bond acceptors (Lipinski definition) is 4. The number of halogens is 1. The summed E-state index contributed by atoms with van der Waals surface area (Å²) in [6.45, 7) is 1.25. The number of H-pyrrole nitrogens is 1. The predicted molar refractivity (Wildman–Crippen MR) is 74.7 cm³/mol. The Labute approximate surface area is 121 Å². The minimum atomic E-state index is -3.75. The fraction of sp³-hybridized carbons (Fsp3) is 0.250. The molecule has 1 aromatic heterocycles. The maximum absolute atomic E-state index is 12.2. The summed E-state index contributed by atoms with van der Waals surface area (Å²) in [6.07, 6.45) is 0. The average Bonchev–Trinajstić information content (AvgIpc) is 2.78. The first-order valence-corrected chi connectivity index (χ1v) is 7.69. The number of nitrogens with one attached hydrogen (secondary N) is 2. The zero-order valence-corrected chi connectivity index (χ0v) is 12.3. The molecule has 0 saturated carbocycles. The van der Waals surface area contributed by atoms with Crippen LogP contribution in [0.2, 0.25) is 5.02 Å².